The predicted octanol–water partition coefficient (Wildman–Crippen LogP) is 2.98. The summed E-state index contributed by atoms with van der Waals surface area (Å²) in [5.41, 5.74) is 7.22. The normalized spacial score (nSPS) is 12.9. The molecule has 1 heterocycles. The van der Waals surface area contributed by atoms with Gasteiger partial charge in [-0.05, 0) is 37.6 Å². The van der Waals surface area contributed by atoms with Crippen molar-refractivity contribution in [3.05, 3.63) is 30.1 Å². The Bertz CT molecular complexity index is 292. The smallest absolute Gasteiger partial charge is 0.0485 e. The van der Waals surface area contributed by atoms with Gasteiger partial charge in [0.2, 0.25) is 0 Å². The molecule has 2 N–H and O–H groups in total. The lowest BCUT2D eigenvalue weighted by Gasteiger charge is -2.31. The summed E-state index contributed by atoms with van der Waals surface area (Å²) in [6.07, 6.45) is 8.70. The number of unbranched alkanes of at least 4 members (excludes halogenated alkanes) is 2. The Kier molecular flexibility index (Phi) is 7.62. The van der Waals surface area contributed by atoms with Crippen LogP contribution < -0.4 is 5.73 Å². The van der Waals surface area contributed by atoms with E-state index in [4.69, 9.17) is 5.73 Å². The number of hydrogen-bond donors (Lipinski definition) is 1. The molecular weight excluding hydrogens is 222 g/mol. The Morgan fingerprint density at radius 2 is 1.89 bits per heavy atom. The Morgan fingerprint density at radius 3 is 2.33 bits per heavy atom. The molecule has 3 heteroatoms. The van der Waals surface area contributed by atoms with Crippen LogP contribution in [0.5, 0.6) is 0 Å². The SMILES string of the molecule is CCCCN(CCCC)C(CN)c1cccnc1. The second kappa shape index (κ2) is 9.06. The van der Waals surface area contributed by atoms with Crippen molar-refractivity contribution >= 4 is 0 Å². The fraction of sp³-hybridized carbons (Fsp3) is 0.667. The van der Waals surface area contributed by atoms with Crippen molar-refractivity contribution in [3.8, 4) is 0 Å². The average Bonchev–Trinajstić information content (AvgIpc) is 2.43. The second-order valence-electron chi connectivity index (χ2n) is 4.78. The molecule has 0 fully saturated rings. The molecule has 1 unspecified atom stereocenters. The quantitative estimate of drug-likeness (QED) is 0.731. The minimum atomic E-state index is 0.316. The van der Waals surface area contributed by atoms with Gasteiger partial charge in [-0.3, -0.25) is 9.88 Å². The topological polar surface area (TPSA) is 42.1 Å². The van der Waals surface area contributed by atoms with Gasteiger partial charge in [-0.15, -0.1) is 0 Å². The average molecular weight is 249 g/mol. The van der Waals surface area contributed by atoms with E-state index in [0.29, 0.717) is 12.6 Å². The number of pyridine rings is 1. The highest BCUT2D eigenvalue weighted by Gasteiger charge is 2.18. The van der Waals surface area contributed by atoms with Crippen molar-refractivity contribution in [2.24, 2.45) is 5.73 Å². The first-order valence-corrected chi connectivity index (χ1v) is 7.17. The van der Waals surface area contributed by atoms with Crippen LogP contribution in [0, 0.1) is 0 Å². The van der Waals surface area contributed by atoms with E-state index in [0.717, 1.165) is 13.1 Å². The summed E-state index contributed by atoms with van der Waals surface area (Å²) in [6, 6.07) is 4.45. The molecule has 0 aromatic carbocycles. The zero-order chi connectivity index (χ0) is 13.2. The molecule has 0 saturated heterocycles. The largest absolute Gasteiger partial charge is 0.329 e. The summed E-state index contributed by atoms with van der Waals surface area (Å²) in [6.45, 7) is 7.40. The molecule has 1 atom stereocenters. The lowest BCUT2D eigenvalue weighted by Crippen LogP contribution is -2.35. The summed E-state index contributed by atoms with van der Waals surface area (Å²) >= 11 is 0. The first-order valence-electron chi connectivity index (χ1n) is 7.17. The van der Waals surface area contributed by atoms with Crippen LogP contribution in [0.4, 0.5) is 0 Å². The lowest BCUT2D eigenvalue weighted by molar-refractivity contribution is 0.195. The Labute approximate surface area is 111 Å². The summed E-state index contributed by atoms with van der Waals surface area (Å²) in [7, 11) is 0. The maximum Gasteiger partial charge on any atom is 0.0485 e. The summed E-state index contributed by atoms with van der Waals surface area (Å²) in [5.74, 6) is 0. The van der Waals surface area contributed by atoms with Crippen LogP contribution in [-0.4, -0.2) is 29.5 Å². The van der Waals surface area contributed by atoms with Crippen LogP contribution in [0.3, 0.4) is 0 Å². The van der Waals surface area contributed by atoms with Crippen molar-refractivity contribution in [1.29, 1.82) is 0 Å². The summed E-state index contributed by atoms with van der Waals surface area (Å²) < 4.78 is 0. The molecule has 0 spiro atoms. The fourth-order valence-electron chi connectivity index (χ4n) is 2.21. The number of rotatable bonds is 9. The molecule has 1 aromatic rings. The van der Waals surface area contributed by atoms with Crippen molar-refractivity contribution < 1.29 is 0 Å². The van der Waals surface area contributed by atoms with Gasteiger partial charge < -0.3 is 5.73 Å². The van der Waals surface area contributed by atoms with Crippen molar-refractivity contribution in [3.63, 3.8) is 0 Å². The molecule has 18 heavy (non-hydrogen) atoms. The van der Waals surface area contributed by atoms with E-state index in [9.17, 15) is 0 Å². The molecule has 3 nitrogen and oxygen atoms in total. The lowest BCUT2D eigenvalue weighted by atomic mass is 10.1. The monoisotopic (exact) mass is 249 g/mol. The van der Waals surface area contributed by atoms with E-state index in [2.05, 4.69) is 29.8 Å². The van der Waals surface area contributed by atoms with Crippen LogP contribution in [0.25, 0.3) is 0 Å². The highest BCUT2D eigenvalue weighted by Crippen LogP contribution is 2.19. The predicted molar refractivity (Wildman–Crippen MR) is 77.4 cm³/mol. The van der Waals surface area contributed by atoms with Gasteiger partial charge in [-0.1, -0.05) is 32.8 Å². The Morgan fingerprint density at radius 1 is 1.22 bits per heavy atom. The highest BCUT2D eigenvalue weighted by atomic mass is 15.2. The van der Waals surface area contributed by atoms with Crippen LogP contribution in [0.2, 0.25) is 0 Å². The Balaban J connectivity index is 2.72. The van der Waals surface area contributed by atoms with E-state index in [1.54, 1.807) is 0 Å². The molecule has 0 aliphatic rings. The van der Waals surface area contributed by atoms with Crippen molar-refractivity contribution in [2.45, 2.75) is 45.6 Å². The van der Waals surface area contributed by atoms with Gasteiger partial charge in [0.25, 0.3) is 0 Å². The fourth-order valence-corrected chi connectivity index (χ4v) is 2.21. The van der Waals surface area contributed by atoms with E-state index in [1.807, 2.05) is 18.5 Å². The number of nitrogens with two attached hydrogens (primary N) is 1. The standard InChI is InChI=1S/C15H27N3/c1-3-5-10-18(11-6-4-2)15(12-16)14-8-7-9-17-13-14/h7-9,13,15H,3-6,10-12,16H2,1-2H3. The van der Waals surface area contributed by atoms with Crippen LogP contribution in [0.15, 0.2) is 24.5 Å². The molecule has 0 saturated carbocycles. The van der Waals surface area contributed by atoms with Crippen LogP contribution in [0.1, 0.15) is 51.1 Å². The first kappa shape index (κ1) is 15.1. The minimum absolute atomic E-state index is 0.316. The molecule has 1 aromatic heterocycles. The van der Waals surface area contributed by atoms with E-state index >= 15 is 0 Å². The zero-order valence-electron chi connectivity index (χ0n) is 11.8. The highest BCUT2D eigenvalue weighted by molar-refractivity contribution is 5.14. The molecule has 0 aliphatic carbocycles. The van der Waals surface area contributed by atoms with Gasteiger partial charge in [0, 0.05) is 25.0 Å². The van der Waals surface area contributed by atoms with Gasteiger partial charge in [-0.2, -0.15) is 0 Å². The van der Waals surface area contributed by atoms with Gasteiger partial charge in [0.1, 0.15) is 0 Å². The van der Waals surface area contributed by atoms with E-state index < -0.39 is 0 Å². The van der Waals surface area contributed by atoms with Gasteiger partial charge in [0.05, 0.1) is 0 Å². The molecule has 1 rings (SSSR count). The zero-order valence-corrected chi connectivity index (χ0v) is 11.8. The molecule has 102 valence electrons. The third-order valence-electron chi connectivity index (χ3n) is 3.33. The number of aromatic nitrogens is 1. The molecule has 0 aliphatic heterocycles. The van der Waals surface area contributed by atoms with E-state index in [-0.39, 0.29) is 0 Å². The van der Waals surface area contributed by atoms with Gasteiger partial charge in [0.15, 0.2) is 0 Å². The molecular formula is C15H27N3. The van der Waals surface area contributed by atoms with Crippen molar-refractivity contribution in [1.82, 2.24) is 9.88 Å². The summed E-state index contributed by atoms with van der Waals surface area (Å²) in [5, 5.41) is 0. The van der Waals surface area contributed by atoms with Gasteiger partial charge >= 0.3 is 0 Å². The van der Waals surface area contributed by atoms with Crippen LogP contribution >= 0.6 is 0 Å². The van der Waals surface area contributed by atoms with E-state index in [1.165, 1.54) is 31.2 Å². The van der Waals surface area contributed by atoms with Crippen molar-refractivity contribution in [2.75, 3.05) is 19.6 Å². The maximum atomic E-state index is 5.98. The minimum Gasteiger partial charge on any atom is -0.329 e. The molecule has 0 radical (unpaired) electrons. The third-order valence-corrected chi connectivity index (χ3v) is 3.33. The first-order chi connectivity index (χ1) is 8.83. The van der Waals surface area contributed by atoms with Crippen LogP contribution in [-0.2, 0) is 0 Å². The maximum absolute atomic E-state index is 5.98. The second-order valence-corrected chi connectivity index (χ2v) is 4.78. The molecule has 0 amide bonds. The summed E-state index contributed by atoms with van der Waals surface area (Å²) in [4.78, 5) is 6.73. The number of hydrogen-bond acceptors (Lipinski definition) is 3. The molecule has 0 bridgehead atoms. The Hall–Kier alpha value is -0.930. The number of nitrogens with zero attached hydrogens (tertiary/aromatic N) is 2. The van der Waals surface area contributed by atoms with Gasteiger partial charge in [-0.25, -0.2) is 0 Å². The third kappa shape index (κ3) is 4.75.